The average molecular weight is 248 g/mol. The van der Waals surface area contributed by atoms with Gasteiger partial charge in [0.15, 0.2) is 0 Å². The van der Waals surface area contributed by atoms with E-state index in [9.17, 15) is 4.79 Å². The SMILES string of the molecule is CNCCCC(=O)N1CCOc2ccccc2C1. The largest absolute Gasteiger partial charge is 0.491 e. The van der Waals surface area contributed by atoms with E-state index < -0.39 is 0 Å². The molecule has 0 fully saturated rings. The maximum Gasteiger partial charge on any atom is 0.223 e. The molecule has 0 spiro atoms. The first-order chi connectivity index (χ1) is 8.81. The van der Waals surface area contributed by atoms with Crippen LogP contribution in [0.5, 0.6) is 5.75 Å². The highest BCUT2D eigenvalue weighted by molar-refractivity contribution is 5.76. The fraction of sp³-hybridized carbons (Fsp3) is 0.500. The van der Waals surface area contributed by atoms with Crippen LogP contribution in [0.1, 0.15) is 18.4 Å². The van der Waals surface area contributed by atoms with Gasteiger partial charge in [-0.05, 0) is 26.1 Å². The number of ether oxygens (including phenoxy) is 1. The third kappa shape index (κ3) is 3.23. The van der Waals surface area contributed by atoms with E-state index in [0.717, 1.165) is 24.3 Å². The lowest BCUT2D eigenvalue weighted by atomic mass is 10.2. The molecule has 1 heterocycles. The van der Waals surface area contributed by atoms with Crippen LogP contribution >= 0.6 is 0 Å². The summed E-state index contributed by atoms with van der Waals surface area (Å²) in [5, 5.41) is 3.06. The van der Waals surface area contributed by atoms with Gasteiger partial charge in [-0.25, -0.2) is 0 Å². The van der Waals surface area contributed by atoms with Gasteiger partial charge in [0.2, 0.25) is 5.91 Å². The van der Waals surface area contributed by atoms with Crippen LogP contribution in [-0.2, 0) is 11.3 Å². The van der Waals surface area contributed by atoms with Gasteiger partial charge in [-0.1, -0.05) is 18.2 Å². The lowest BCUT2D eigenvalue weighted by Gasteiger charge is -2.19. The van der Waals surface area contributed by atoms with Crippen LogP contribution in [-0.4, -0.2) is 37.6 Å². The number of benzene rings is 1. The minimum atomic E-state index is 0.213. The van der Waals surface area contributed by atoms with Gasteiger partial charge in [0, 0.05) is 18.5 Å². The molecule has 1 aromatic carbocycles. The molecule has 4 heteroatoms. The van der Waals surface area contributed by atoms with E-state index in [1.54, 1.807) is 0 Å². The Bertz CT molecular complexity index is 407. The number of amides is 1. The highest BCUT2D eigenvalue weighted by atomic mass is 16.5. The van der Waals surface area contributed by atoms with Gasteiger partial charge in [0.1, 0.15) is 12.4 Å². The van der Waals surface area contributed by atoms with Crippen LogP contribution in [0.3, 0.4) is 0 Å². The van der Waals surface area contributed by atoms with Gasteiger partial charge in [-0.15, -0.1) is 0 Å². The van der Waals surface area contributed by atoms with E-state index in [4.69, 9.17) is 4.74 Å². The zero-order valence-electron chi connectivity index (χ0n) is 10.8. The molecule has 0 radical (unpaired) electrons. The molecule has 1 aromatic rings. The highest BCUT2D eigenvalue weighted by Crippen LogP contribution is 2.22. The Balaban J connectivity index is 1.97. The molecule has 0 unspecified atom stereocenters. The topological polar surface area (TPSA) is 41.6 Å². The van der Waals surface area contributed by atoms with E-state index in [-0.39, 0.29) is 5.91 Å². The monoisotopic (exact) mass is 248 g/mol. The molecule has 98 valence electrons. The number of carbonyl (C=O) groups is 1. The molecule has 0 atom stereocenters. The molecule has 0 aliphatic carbocycles. The molecule has 0 bridgehead atoms. The Morgan fingerprint density at radius 1 is 1.44 bits per heavy atom. The minimum absolute atomic E-state index is 0.213. The first-order valence-corrected chi connectivity index (χ1v) is 6.44. The maximum atomic E-state index is 12.1. The van der Waals surface area contributed by atoms with Crippen molar-refractivity contribution in [2.45, 2.75) is 19.4 Å². The summed E-state index contributed by atoms with van der Waals surface area (Å²) in [7, 11) is 1.90. The van der Waals surface area contributed by atoms with Gasteiger partial charge in [0.05, 0.1) is 6.54 Å². The predicted octanol–water partition coefficient (Wildman–Crippen LogP) is 1.41. The summed E-state index contributed by atoms with van der Waals surface area (Å²) >= 11 is 0. The Morgan fingerprint density at radius 2 is 2.28 bits per heavy atom. The summed E-state index contributed by atoms with van der Waals surface area (Å²) in [6, 6.07) is 7.93. The van der Waals surface area contributed by atoms with Gasteiger partial charge in [-0.3, -0.25) is 4.79 Å². The highest BCUT2D eigenvalue weighted by Gasteiger charge is 2.18. The molecule has 1 aliphatic rings. The third-order valence-corrected chi connectivity index (χ3v) is 3.12. The van der Waals surface area contributed by atoms with Crippen molar-refractivity contribution in [1.82, 2.24) is 10.2 Å². The van der Waals surface area contributed by atoms with Crippen LogP contribution < -0.4 is 10.1 Å². The van der Waals surface area contributed by atoms with Crippen molar-refractivity contribution in [3.8, 4) is 5.75 Å². The summed E-state index contributed by atoms with van der Waals surface area (Å²) in [6.07, 6.45) is 1.48. The van der Waals surface area contributed by atoms with Gasteiger partial charge < -0.3 is 15.0 Å². The number of nitrogens with one attached hydrogen (secondary N) is 1. The summed E-state index contributed by atoms with van der Waals surface area (Å²) in [5.74, 6) is 1.12. The smallest absolute Gasteiger partial charge is 0.223 e. The first-order valence-electron chi connectivity index (χ1n) is 6.44. The quantitative estimate of drug-likeness (QED) is 0.819. The molecule has 2 rings (SSSR count). The van der Waals surface area contributed by atoms with Crippen LogP contribution in [0, 0.1) is 0 Å². The second kappa shape index (κ2) is 6.40. The van der Waals surface area contributed by atoms with Crippen molar-refractivity contribution in [2.75, 3.05) is 26.7 Å². The van der Waals surface area contributed by atoms with Gasteiger partial charge in [-0.2, -0.15) is 0 Å². The maximum absolute atomic E-state index is 12.1. The third-order valence-electron chi connectivity index (χ3n) is 3.12. The van der Waals surface area contributed by atoms with Crippen LogP contribution in [0.4, 0.5) is 0 Å². The molecule has 18 heavy (non-hydrogen) atoms. The van der Waals surface area contributed by atoms with Gasteiger partial charge in [0.25, 0.3) is 0 Å². The van der Waals surface area contributed by atoms with E-state index in [1.807, 2.05) is 36.2 Å². The van der Waals surface area contributed by atoms with Crippen LogP contribution in [0.15, 0.2) is 24.3 Å². The van der Waals surface area contributed by atoms with Crippen LogP contribution in [0.25, 0.3) is 0 Å². The molecule has 0 saturated carbocycles. The number of carbonyl (C=O) groups excluding carboxylic acids is 1. The van der Waals surface area contributed by atoms with Crippen LogP contribution in [0.2, 0.25) is 0 Å². The Kier molecular flexibility index (Phi) is 4.59. The number of rotatable bonds is 4. The van der Waals surface area contributed by atoms with Crippen molar-refractivity contribution >= 4 is 5.91 Å². The minimum Gasteiger partial charge on any atom is -0.491 e. The van der Waals surface area contributed by atoms with E-state index in [0.29, 0.717) is 26.1 Å². The molecule has 1 N–H and O–H groups in total. The van der Waals surface area contributed by atoms with Crippen molar-refractivity contribution in [3.05, 3.63) is 29.8 Å². The lowest BCUT2D eigenvalue weighted by molar-refractivity contribution is -0.132. The molecular formula is C14H20N2O2. The lowest BCUT2D eigenvalue weighted by Crippen LogP contribution is -2.32. The Morgan fingerprint density at radius 3 is 3.11 bits per heavy atom. The molecule has 1 aliphatic heterocycles. The fourth-order valence-electron chi connectivity index (χ4n) is 2.11. The van der Waals surface area contributed by atoms with Crippen molar-refractivity contribution in [3.63, 3.8) is 0 Å². The van der Waals surface area contributed by atoms with E-state index in [1.165, 1.54) is 0 Å². The summed E-state index contributed by atoms with van der Waals surface area (Å²) in [6.45, 7) is 2.79. The first kappa shape index (κ1) is 12.9. The number of hydrogen-bond acceptors (Lipinski definition) is 3. The zero-order valence-corrected chi connectivity index (χ0v) is 10.8. The summed E-state index contributed by atoms with van der Waals surface area (Å²) < 4.78 is 5.65. The molecule has 4 nitrogen and oxygen atoms in total. The normalized spacial score (nSPS) is 14.6. The van der Waals surface area contributed by atoms with Gasteiger partial charge >= 0.3 is 0 Å². The second-order valence-electron chi connectivity index (χ2n) is 4.48. The van der Waals surface area contributed by atoms with E-state index in [2.05, 4.69) is 5.32 Å². The Labute approximate surface area is 108 Å². The summed E-state index contributed by atoms with van der Waals surface area (Å²) in [4.78, 5) is 14.0. The molecule has 0 aromatic heterocycles. The Hall–Kier alpha value is -1.55. The van der Waals surface area contributed by atoms with Crippen molar-refractivity contribution < 1.29 is 9.53 Å². The molecule has 0 saturated heterocycles. The predicted molar refractivity (Wildman–Crippen MR) is 70.5 cm³/mol. The van der Waals surface area contributed by atoms with E-state index >= 15 is 0 Å². The standard InChI is InChI=1S/C14H20N2O2/c1-15-8-4-7-14(17)16-9-10-18-13-6-3-2-5-12(13)11-16/h2-3,5-6,15H,4,7-11H2,1H3. The van der Waals surface area contributed by atoms with Crippen molar-refractivity contribution in [2.24, 2.45) is 0 Å². The average Bonchev–Trinajstić information content (AvgIpc) is 2.61. The molecular weight excluding hydrogens is 228 g/mol. The fourth-order valence-corrected chi connectivity index (χ4v) is 2.11. The second-order valence-corrected chi connectivity index (χ2v) is 4.48. The van der Waals surface area contributed by atoms with Crippen molar-refractivity contribution in [1.29, 1.82) is 0 Å². The number of fused-ring (bicyclic) bond motifs is 1. The number of para-hydroxylation sites is 1. The number of nitrogens with zero attached hydrogens (tertiary/aromatic N) is 1. The molecule has 1 amide bonds. The zero-order chi connectivity index (χ0) is 12.8. The number of hydrogen-bond donors (Lipinski definition) is 1. The summed E-state index contributed by atoms with van der Waals surface area (Å²) in [5.41, 5.74) is 1.09.